The average Bonchev–Trinajstić information content (AvgIpc) is 2.78. The van der Waals surface area contributed by atoms with E-state index >= 15 is 0 Å². The fourth-order valence-electron chi connectivity index (χ4n) is 4.35. The lowest BCUT2D eigenvalue weighted by molar-refractivity contribution is 0.684. The first-order valence-corrected chi connectivity index (χ1v) is 13.8. The van der Waals surface area contributed by atoms with Crippen LogP contribution in [-0.4, -0.2) is 8.07 Å². The lowest BCUT2D eigenvalue weighted by Gasteiger charge is -2.34. The van der Waals surface area contributed by atoms with Crippen molar-refractivity contribution in [3.63, 3.8) is 0 Å². The molecule has 2 aromatic rings. The van der Waals surface area contributed by atoms with Crippen molar-refractivity contribution < 1.29 is 0 Å². The number of terminal acetylenes is 2. The number of hydrogen-bond donors (Lipinski definition) is 0. The monoisotopic (exact) mass is 400 g/mol. The van der Waals surface area contributed by atoms with Crippen LogP contribution in [-0.2, 0) is 0 Å². The summed E-state index contributed by atoms with van der Waals surface area (Å²) in [6.07, 6.45) is 21.7. The van der Waals surface area contributed by atoms with Crippen LogP contribution in [0.25, 0.3) is 0 Å². The second kappa shape index (κ2) is 12.4. The highest BCUT2D eigenvalue weighted by atomic mass is 28.3. The minimum atomic E-state index is -1.86. The molecule has 0 fully saturated rings. The number of unbranched alkanes of at least 4 members (excludes halogenated alkanes) is 6. The van der Waals surface area contributed by atoms with Gasteiger partial charge in [0.15, 0.2) is 0 Å². The van der Waals surface area contributed by atoms with Crippen molar-refractivity contribution in [2.75, 3.05) is 0 Å². The Bertz CT molecular complexity index is 728. The first-order valence-electron chi connectivity index (χ1n) is 11.3. The Labute approximate surface area is 180 Å². The maximum Gasteiger partial charge on any atom is 0.118 e. The first kappa shape index (κ1) is 23.1. The van der Waals surface area contributed by atoms with Crippen molar-refractivity contribution >= 4 is 18.4 Å². The molecule has 0 spiro atoms. The molecule has 0 aliphatic rings. The van der Waals surface area contributed by atoms with Crippen molar-refractivity contribution in [2.45, 2.75) is 77.3 Å². The van der Waals surface area contributed by atoms with E-state index in [-0.39, 0.29) is 0 Å². The molecule has 152 valence electrons. The Kier molecular flexibility index (Phi) is 9.83. The van der Waals surface area contributed by atoms with Crippen LogP contribution in [0.4, 0.5) is 0 Å². The summed E-state index contributed by atoms with van der Waals surface area (Å²) in [6, 6.07) is 20.4. The van der Waals surface area contributed by atoms with E-state index < -0.39 is 8.07 Å². The van der Waals surface area contributed by atoms with E-state index in [1.165, 1.54) is 73.8 Å². The molecule has 0 atom stereocenters. The van der Waals surface area contributed by atoms with Crippen molar-refractivity contribution in [3.05, 3.63) is 59.7 Å². The standard InChI is InChI=1S/C28H36Si/c1-5-9-11-13-23-29(24-14-12-10-6-2,27-19-15-25(7-3)16-20-27)28-21-17-26(8-4)18-22-28/h3-4,15-22H,5-6,9-14,23-24H2,1-2H3. The third-order valence-corrected chi connectivity index (χ3v) is 11.4. The predicted molar refractivity (Wildman–Crippen MR) is 132 cm³/mol. The smallest absolute Gasteiger partial charge is 0.115 e. The lowest BCUT2D eigenvalue weighted by atomic mass is 10.2. The minimum absolute atomic E-state index is 0.969. The lowest BCUT2D eigenvalue weighted by Crippen LogP contribution is -2.58. The molecule has 1 heteroatoms. The third-order valence-electron chi connectivity index (χ3n) is 6.12. The Morgan fingerprint density at radius 1 is 0.586 bits per heavy atom. The first-order chi connectivity index (χ1) is 14.2. The van der Waals surface area contributed by atoms with Crippen LogP contribution < -0.4 is 10.4 Å². The molecule has 0 saturated carbocycles. The summed E-state index contributed by atoms with van der Waals surface area (Å²) < 4.78 is 0. The van der Waals surface area contributed by atoms with Crippen LogP contribution in [0.1, 0.15) is 76.3 Å². The molecule has 2 rings (SSSR count). The van der Waals surface area contributed by atoms with E-state index in [1.807, 2.05) is 0 Å². The highest BCUT2D eigenvalue weighted by molar-refractivity contribution is 7.02. The van der Waals surface area contributed by atoms with E-state index in [2.05, 4.69) is 74.2 Å². The molecule has 29 heavy (non-hydrogen) atoms. The zero-order chi connectivity index (χ0) is 21.0. The SMILES string of the molecule is C#Cc1ccc([Si](CCCCCC)(CCCCCC)c2ccc(C#C)cc2)cc1. The highest BCUT2D eigenvalue weighted by Gasteiger charge is 2.36. The molecule has 0 nitrogen and oxygen atoms in total. The fraction of sp³-hybridized carbons (Fsp3) is 0.429. The van der Waals surface area contributed by atoms with Crippen molar-refractivity contribution in [1.29, 1.82) is 0 Å². The van der Waals surface area contributed by atoms with Crippen LogP contribution in [0, 0.1) is 24.7 Å². The summed E-state index contributed by atoms with van der Waals surface area (Å²) in [5.41, 5.74) is 1.94. The van der Waals surface area contributed by atoms with Gasteiger partial charge in [0.2, 0.25) is 0 Å². The van der Waals surface area contributed by atoms with Crippen LogP contribution >= 0.6 is 0 Å². The van der Waals surface area contributed by atoms with Gasteiger partial charge in [-0.25, -0.2) is 0 Å². The van der Waals surface area contributed by atoms with Crippen molar-refractivity contribution in [2.24, 2.45) is 0 Å². The Balaban J connectivity index is 2.45. The van der Waals surface area contributed by atoms with Crippen LogP contribution in [0.15, 0.2) is 48.5 Å². The summed E-state index contributed by atoms with van der Waals surface area (Å²) in [4.78, 5) is 0. The molecule has 0 N–H and O–H groups in total. The number of rotatable bonds is 12. The largest absolute Gasteiger partial charge is 0.118 e. The van der Waals surface area contributed by atoms with Gasteiger partial charge in [-0.1, -0.05) is 112 Å². The van der Waals surface area contributed by atoms with E-state index in [0.29, 0.717) is 0 Å². The normalized spacial score (nSPS) is 11.0. The van der Waals surface area contributed by atoms with Crippen molar-refractivity contribution in [1.82, 2.24) is 0 Å². The van der Waals surface area contributed by atoms with Gasteiger partial charge in [0.05, 0.1) is 0 Å². The maximum absolute atomic E-state index is 5.62. The average molecular weight is 401 g/mol. The van der Waals surface area contributed by atoms with E-state index in [1.54, 1.807) is 0 Å². The van der Waals surface area contributed by atoms with Crippen LogP contribution in [0.3, 0.4) is 0 Å². The molecule has 2 aromatic carbocycles. The molecular formula is C28H36Si. The Morgan fingerprint density at radius 3 is 1.28 bits per heavy atom. The third kappa shape index (κ3) is 6.38. The quantitative estimate of drug-likeness (QED) is 0.220. The molecule has 0 amide bonds. The zero-order valence-corrected chi connectivity index (χ0v) is 19.3. The minimum Gasteiger partial charge on any atom is -0.115 e. The van der Waals surface area contributed by atoms with Crippen LogP contribution in [0.5, 0.6) is 0 Å². The maximum atomic E-state index is 5.62. The van der Waals surface area contributed by atoms with Gasteiger partial charge in [0, 0.05) is 11.1 Å². The predicted octanol–water partition coefficient (Wildman–Crippen LogP) is 6.37. The summed E-state index contributed by atoms with van der Waals surface area (Å²) in [7, 11) is -1.86. The highest BCUT2D eigenvalue weighted by Crippen LogP contribution is 2.24. The summed E-state index contributed by atoms with van der Waals surface area (Å²) in [5, 5.41) is 3.05. The van der Waals surface area contributed by atoms with Crippen LogP contribution in [0.2, 0.25) is 12.1 Å². The number of hydrogen-bond acceptors (Lipinski definition) is 0. The van der Waals surface area contributed by atoms with E-state index in [4.69, 9.17) is 12.8 Å². The van der Waals surface area contributed by atoms with Gasteiger partial charge in [-0.2, -0.15) is 0 Å². The topological polar surface area (TPSA) is 0 Å². The molecule has 0 aliphatic carbocycles. The summed E-state index contributed by atoms with van der Waals surface area (Å²) in [5.74, 6) is 5.55. The molecule has 0 unspecified atom stereocenters. The van der Waals surface area contributed by atoms with Gasteiger partial charge in [-0.15, -0.1) is 12.8 Å². The molecule has 0 bridgehead atoms. The fourth-order valence-corrected chi connectivity index (χ4v) is 9.40. The Morgan fingerprint density at radius 2 is 0.966 bits per heavy atom. The van der Waals surface area contributed by atoms with Gasteiger partial charge >= 0.3 is 0 Å². The molecule has 0 aromatic heterocycles. The molecular weight excluding hydrogens is 364 g/mol. The summed E-state index contributed by atoms with van der Waals surface area (Å²) in [6.45, 7) is 4.57. The second-order valence-corrected chi connectivity index (χ2v) is 12.5. The second-order valence-electron chi connectivity index (χ2n) is 8.15. The zero-order valence-electron chi connectivity index (χ0n) is 18.3. The van der Waals surface area contributed by atoms with Gasteiger partial charge < -0.3 is 0 Å². The summed E-state index contributed by atoms with van der Waals surface area (Å²) >= 11 is 0. The molecule has 0 saturated heterocycles. The van der Waals surface area contributed by atoms with E-state index in [0.717, 1.165) is 11.1 Å². The van der Waals surface area contributed by atoms with Gasteiger partial charge in [0.1, 0.15) is 8.07 Å². The van der Waals surface area contributed by atoms with Gasteiger partial charge in [0.25, 0.3) is 0 Å². The Hall–Kier alpha value is -2.22. The van der Waals surface area contributed by atoms with Gasteiger partial charge in [-0.05, 0) is 36.4 Å². The molecule has 0 radical (unpaired) electrons. The molecule has 0 aliphatic heterocycles. The number of benzene rings is 2. The molecule has 0 heterocycles. The van der Waals surface area contributed by atoms with Gasteiger partial charge in [-0.3, -0.25) is 0 Å². The van der Waals surface area contributed by atoms with E-state index in [9.17, 15) is 0 Å². The van der Waals surface area contributed by atoms with Crippen molar-refractivity contribution in [3.8, 4) is 24.7 Å².